The fourth-order valence-corrected chi connectivity index (χ4v) is 3.18. The second-order valence-electron chi connectivity index (χ2n) is 4.20. The van der Waals surface area contributed by atoms with Gasteiger partial charge in [-0.2, -0.15) is 0 Å². The fraction of sp³-hybridized carbons (Fsp3) is 0.500. The molecule has 0 bridgehead atoms. The van der Waals surface area contributed by atoms with Crippen LogP contribution in [0.25, 0.3) is 0 Å². The maximum atomic E-state index is 11.4. The third kappa shape index (κ3) is 5.08. The van der Waals surface area contributed by atoms with Crippen molar-refractivity contribution in [3.05, 3.63) is 20.8 Å². The predicted molar refractivity (Wildman–Crippen MR) is 77.0 cm³/mol. The quantitative estimate of drug-likeness (QED) is 0.529. The van der Waals surface area contributed by atoms with E-state index in [1.165, 1.54) is 11.3 Å². The summed E-state index contributed by atoms with van der Waals surface area (Å²) in [6.45, 7) is 5.21. The van der Waals surface area contributed by atoms with E-state index < -0.39 is 13.2 Å². The smallest absolute Gasteiger partial charge is 0.260 e. The van der Waals surface area contributed by atoms with Crippen LogP contribution in [0.1, 0.15) is 15.2 Å². The van der Waals surface area contributed by atoms with Gasteiger partial charge in [0.1, 0.15) is 12.2 Å². The molecule has 18 heavy (non-hydrogen) atoms. The Balaban J connectivity index is 2.36. The average molecular weight is 310 g/mol. The van der Waals surface area contributed by atoms with Gasteiger partial charge in [-0.25, -0.2) is 0 Å². The van der Waals surface area contributed by atoms with Gasteiger partial charge in [0.25, 0.3) is 5.91 Å². The molecule has 4 N–H and O–H groups in total. The summed E-state index contributed by atoms with van der Waals surface area (Å²) in [6, 6.07) is 0. The number of thiophene rings is 1. The van der Waals surface area contributed by atoms with Crippen molar-refractivity contribution in [3.8, 4) is 0 Å². The monoisotopic (exact) mass is 309 g/mol. The number of carbonyl (C=O) groups excluding carboxylic acids is 1. The van der Waals surface area contributed by atoms with Gasteiger partial charge in [0.2, 0.25) is 0 Å². The van der Waals surface area contributed by atoms with Crippen LogP contribution < -0.4 is 16.1 Å². The number of nitrogens with two attached hydrogens (primary N) is 1. The van der Waals surface area contributed by atoms with Gasteiger partial charge >= 0.3 is 0 Å². The highest BCUT2D eigenvalue weighted by molar-refractivity contribution is 7.60. The highest BCUT2D eigenvalue weighted by Crippen LogP contribution is 2.29. The average Bonchev–Trinajstić information content (AvgIpc) is 2.58. The summed E-state index contributed by atoms with van der Waals surface area (Å²) in [5, 5.41) is 8.32. The van der Waals surface area contributed by atoms with E-state index >= 15 is 0 Å². The molecule has 8 heteroatoms. The third-order valence-electron chi connectivity index (χ3n) is 2.13. The molecular weight excluding hydrogens is 293 g/mol. The molecule has 0 saturated carbocycles. The van der Waals surface area contributed by atoms with Gasteiger partial charge in [-0.3, -0.25) is 9.88 Å². The summed E-state index contributed by atoms with van der Waals surface area (Å²) in [5.41, 5.74) is 6.03. The Morgan fingerprint density at radius 1 is 1.50 bits per heavy atom. The standard InChI is InChI=1S/C10H17ClN3O2PS/c1-17(2,16)14-4-3-13-5-7-6-18-9(8(7)11)10(12)15/h6,13H,3-5H2,1-2H3,(H2,12,15)(H,14,16). The molecule has 1 aromatic rings. The number of rotatable bonds is 7. The van der Waals surface area contributed by atoms with Crippen LogP contribution in [0, 0.1) is 0 Å². The second kappa shape index (κ2) is 6.68. The van der Waals surface area contributed by atoms with E-state index in [9.17, 15) is 9.36 Å². The summed E-state index contributed by atoms with van der Waals surface area (Å²) in [4.78, 5) is 11.4. The zero-order chi connectivity index (χ0) is 13.8. The summed E-state index contributed by atoms with van der Waals surface area (Å²) in [5.74, 6) is -0.504. The molecule has 0 aliphatic rings. The molecule has 102 valence electrons. The van der Waals surface area contributed by atoms with Crippen LogP contribution >= 0.6 is 30.2 Å². The number of carbonyl (C=O) groups is 1. The first kappa shape index (κ1) is 15.7. The largest absolute Gasteiger partial charge is 0.365 e. The van der Waals surface area contributed by atoms with Gasteiger partial charge in [-0.05, 0) is 10.9 Å². The first-order valence-electron chi connectivity index (χ1n) is 5.38. The Labute approximate surface area is 116 Å². The van der Waals surface area contributed by atoms with Gasteiger partial charge in [0, 0.05) is 33.0 Å². The van der Waals surface area contributed by atoms with Crippen molar-refractivity contribution in [1.29, 1.82) is 0 Å². The number of halogens is 1. The first-order valence-corrected chi connectivity index (χ1v) is 9.23. The van der Waals surface area contributed by atoms with Gasteiger partial charge < -0.3 is 15.6 Å². The predicted octanol–water partition coefficient (Wildman–Crippen LogP) is 1.72. The molecule has 0 aliphatic carbocycles. The Bertz CT molecular complexity index is 472. The topological polar surface area (TPSA) is 84.2 Å². The van der Waals surface area contributed by atoms with E-state index in [2.05, 4.69) is 10.4 Å². The number of hydrogen-bond acceptors (Lipinski definition) is 4. The molecule has 0 radical (unpaired) electrons. The van der Waals surface area contributed by atoms with Crippen molar-refractivity contribution in [2.24, 2.45) is 5.73 Å². The minimum atomic E-state index is -2.17. The molecule has 0 fully saturated rings. The Morgan fingerprint density at radius 3 is 2.67 bits per heavy atom. The molecular formula is C10H17ClN3O2PS. The normalized spacial score (nSPS) is 11.7. The van der Waals surface area contributed by atoms with E-state index in [-0.39, 0.29) is 0 Å². The van der Waals surface area contributed by atoms with Gasteiger partial charge in [-0.1, -0.05) is 11.6 Å². The van der Waals surface area contributed by atoms with Crippen LogP contribution in [-0.4, -0.2) is 32.3 Å². The fourth-order valence-electron chi connectivity index (χ4n) is 1.30. The van der Waals surface area contributed by atoms with Crippen molar-refractivity contribution in [2.75, 3.05) is 26.4 Å². The molecule has 1 rings (SSSR count). The Kier molecular flexibility index (Phi) is 5.82. The molecule has 0 aromatic carbocycles. The Hall–Kier alpha value is -0.390. The van der Waals surface area contributed by atoms with Crippen LogP contribution in [0.5, 0.6) is 0 Å². The molecule has 1 amide bonds. The first-order chi connectivity index (χ1) is 8.31. The zero-order valence-electron chi connectivity index (χ0n) is 10.3. The van der Waals surface area contributed by atoms with Crippen molar-refractivity contribution < 1.29 is 9.36 Å². The lowest BCUT2D eigenvalue weighted by atomic mass is 10.3. The summed E-state index contributed by atoms with van der Waals surface area (Å²) >= 11 is 7.26. The lowest BCUT2D eigenvalue weighted by Crippen LogP contribution is -2.25. The summed E-state index contributed by atoms with van der Waals surface area (Å²) < 4.78 is 11.4. The number of nitrogens with one attached hydrogen (secondary N) is 2. The van der Waals surface area contributed by atoms with E-state index in [1.807, 2.05) is 5.38 Å². The van der Waals surface area contributed by atoms with Crippen LogP contribution in [-0.2, 0) is 11.1 Å². The SMILES string of the molecule is CP(C)(=O)NCCNCc1csc(C(N)=O)c1Cl. The highest BCUT2D eigenvalue weighted by atomic mass is 35.5. The number of hydrogen-bond donors (Lipinski definition) is 3. The lowest BCUT2D eigenvalue weighted by molar-refractivity contribution is 0.100. The maximum absolute atomic E-state index is 11.4. The van der Waals surface area contributed by atoms with E-state index in [0.29, 0.717) is 29.5 Å². The molecule has 0 unspecified atom stereocenters. The summed E-state index contributed by atoms with van der Waals surface area (Å²) in [6.07, 6.45) is 0. The van der Waals surface area contributed by atoms with E-state index in [1.54, 1.807) is 13.3 Å². The molecule has 1 aromatic heterocycles. The molecule has 5 nitrogen and oxygen atoms in total. The van der Waals surface area contributed by atoms with Crippen molar-refractivity contribution in [3.63, 3.8) is 0 Å². The maximum Gasteiger partial charge on any atom is 0.260 e. The van der Waals surface area contributed by atoms with Gasteiger partial charge in [0.15, 0.2) is 0 Å². The molecule has 0 aliphatic heterocycles. The second-order valence-corrected chi connectivity index (χ2v) is 8.48. The highest BCUT2D eigenvalue weighted by Gasteiger charge is 2.13. The van der Waals surface area contributed by atoms with E-state index in [4.69, 9.17) is 17.3 Å². The van der Waals surface area contributed by atoms with E-state index in [0.717, 1.165) is 5.56 Å². The van der Waals surface area contributed by atoms with Crippen LogP contribution in [0.2, 0.25) is 5.02 Å². The van der Waals surface area contributed by atoms with Crippen molar-refractivity contribution in [1.82, 2.24) is 10.4 Å². The molecule has 0 spiro atoms. The Morgan fingerprint density at radius 2 is 2.17 bits per heavy atom. The lowest BCUT2D eigenvalue weighted by Gasteiger charge is -2.09. The minimum Gasteiger partial charge on any atom is -0.365 e. The minimum absolute atomic E-state index is 0.387. The number of primary amides is 1. The van der Waals surface area contributed by atoms with Gasteiger partial charge in [-0.15, -0.1) is 11.3 Å². The van der Waals surface area contributed by atoms with Crippen LogP contribution in [0.15, 0.2) is 5.38 Å². The number of amides is 1. The third-order valence-corrected chi connectivity index (χ3v) is 4.71. The molecule has 0 atom stereocenters. The zero-order valence-corrected chi connectivity index (χ0v) is 12.8. The van der Waals surface area contributed by atoms with Crippen LogP contribution in [0.4, 0.5) is 0 Å². The van der Waals surface area contributed by atoms with Crippen molar-refractivity contribution in [2.45, 2.75) is 6.54 Å². The molecule has 1 heterocycles. The molecule has 0 saturated heterocycles. The van der Waals surface area contributed by atoms with Crippen molar-refractivity contribution >= 4 is 36.1 Å². The summed E-state index contributed by atoms with van der Waals surface area (Å²) in [7, 11) is -2.17. The van der Waals surface area contributed by atoms with Crippen LogP contribution in [0.3, 0.4) is 0 Å². The van der Waals surface area contributed by atoms with Gasteiger partial charge in [0.05, 0.1) is 5.02 Å².